The number of nitrogens with one attached hydrogen (secondary N) is 1. The summed E-state index contributed by atoms with van der Waals surface area (Å²) >= 11 is 0. The van der Waals surface area contributed by atoms with E-state index in [1.54, 1.807) is 12.3 Å². The van der Waals surface area contributed by atoms with Gasteiger partial charge in [0.05, 0.1) is 12.1 Å². The zero-order chi connectivity index (χ0) is 15.1. The first-order chi connectivity index (χ1) is 10.7. The second-order valence-corrected chi connectivity index (χ2v) is 5.72. The van der Waals surface area contributed by atoms with Crippen LogP contribution in [0.5, 0.6) is 5.88 Å². The van der Waals surface area contributed by atoms with E-state index in [1.165, 1.54) is 0 Å². The number of carbonyl (C=O) groups is 1. The molecule has 0 saturated heterocycles. The Morgan fingerprint density at radius 1 is 1.23 bits per heavy atom. The van der Waals surface area contributed by atoms with Gasteiger partial charge in [-0.25, -0.2) is 4.98 Å². The molecular weight excluding hydrogens is 280 g/mol. The molecule has 4 rings (SSSR count). The molecule has 0 unspecified atom stereocenters. The quantitative estimate of drug-likeness (QED) is 0.877. The summed E-state index contributed by atoms with van der Waals surface area (Å²) in [6.07, 6.45) is 1.63. The predicted octanol–water partition coefficient (Wildman–Crippen LogP) is 1.33. The number of ether oxygens (including phenoxy) is 1. The van der Waals surface area contributed by atoms with Crippen LogP contribution < -0.4 is 10.1 Å². The zero-order valence-electron chi connectivity index (χ0n) is 11.9. The second kappa shape index (κ2) is 5.10. The third-order valence-corrected chi connectivity index (χ3v) is 4.38. The van der Waals surface area contributed by atoms with Crippen molar-refractivity contribution in [3.05, 3.63) is 59.3 Å². The number of nitrogens with zero attached hydrogens (tertiary/aromatic N) is 1. The van der Waals surface area contributed by atoms with Gasteiger partial charge < -0.3 is 15.2 Å². The third kappa shape index (κ3) is 2.05. The molecule has 1 aliphatic carbocycles. The number of amides is 1. The third-order valence-electron chi connectivity index (χ3n) is 4.38. The van der Waals surface area contributed by atoms with E-state index in [2.05, 4.69) is 10.3 Å². The lowest BCUT2D eigenvalue weighted by Gasteiger charge is -2.20. The molecule has 112 valence electrons. The number of rotatable bonds is 2. The molecule has 3 atom stereocenters. The predicted molar refractivity (Wildman–Crippen MR) is 79.5 cm³/mol. The number of aromatic nitrogens is 1. The van der Waals surface area contributed by atoms with E-state index in [-0.39, 0.29) is 17.9 Å². The summed E-state index contributed by atoms with van der Waals surface area (Å²) in [7, 11) is 0. The van der Waals surface area contributed by atoms with Gasteiger partial charge in [-0.1, -0.05) is 30.3 Å². The van der Waals surface area contributed by atoms with Crippen LogP contribution in [0.3, 0.4) is 0 Å². The molecular formula is C17H16N2O3. The minimum atomic E-state index is -0.586. The lowest BCUT2D eigenvalue weighted by Crippen LogP contribution is -2.37. The maximum Gasteiger partial charge on any atom is 0.231 e. The van der Waals surface area contributed by atoms with E-state index in [4.69, 9.17) is 4.74 Å². The summed E-state index contributed by atoms with van der Waals surface area (Å²) < 4.78 is 5.46. The van der Waals surface area contributed by atoms with Crippen LogP contribution in [0, 0.1) is 0 Å². The largest absolute Gasteiger partial charge is 0.476 e. The lowest BCUT2D eigenvalue weighted by molar-refractivity contribution is -0.124. The van der Waals surface area contributed by atoms with Gasteiger partial charge in [-0.05, 0) is 17.2 Å². The molecule has 1 aliphatic heterocycles. The Balaban J connectivity index is 1.56. The molecule has 2 N–H and O–H groups in total. The van der Waals surface area contributed by atoms with E-state index in [1.807, 2.05) is 30.3 Å². The fraction of sp³-hybridized carbons (Fsp3) is 0.294. The summed E-state index contributed by atoms with van der Waals surface area (Å²) in [6, 6.07) is 11.1. The van der Waals surface area contributed by atoms with Crippen molar-refractivity contribution in [3.63, 3.8) is 0 Å². The number of aliphatic hydroxyl groups is 1. The van der Waals surface area contributed by atoms with Crippen molar-refractivity contribution in [2.45, 2.75) is 24.5 Å². The van der Waals surface area contributed by atoms with Crippen molar-refractivity contribution in [3.8, 4) is 5.88 Å². The number of benzene rings is 1. The number of pyridine rings is 1. The summed E-state index contributed by atoms with van der Waals surface area (Å²) in [6.45, 7) is 0.294. The fourth-order valence-corrected chi connectivity index (χ4v) is 3.26. The molecule has 0 radical (unpaired) electrons. The zero-order valence-corrected chi connectivity index (χ0v) is 11.9. The number of carbonyl (C=O) groups excluding carboxylic acids is 1. The Morgan fingerprint density at radius 3 is 2.95 bits per heavy atom. The number of aliphatic hydroxyl groups excluding tert-OH is 1. The topological polar surface area (TPSA) is 71.5 Å². The summed E-state index contributed by atoms with van der Waals surface area (Å²) in [5.41, 5.74) is 2.89. The Morgan fingerprint density at radius 2 is 2.05 bits per heavy atom. The highest BCUT2D eigenvalue weighted by Gasteiger charge is 2.36. The van der Waals surface area contributed by atoms with Gasteiger partial charge in [0.2, 0.25) is 11.8 Å². The molecule has 2 aliphatic rings. The first-order valence-corrected chi connectivity index (χ1v) is 7.38. The van der Waals surface area contributed by atoms with Crippen LogP contribution in [0.15, 0.2) is 42.6 Å². The fourth-order valence-electron chi connectivity index (χ4n) is 3.26. The van der Waals surface area contributed by atoms with E-state index in [0.717, 1.165) is 16.7 Å². The first-order valence-electron chi connectivity index (χ1n) is 7.38. The first kappa shape index (κ1) is 13.3. The van der Waals surface area contributed by atoms with Gasteiger partial charge in [0.1, 0.15) is 12.5 Å². The van der Waals surface area contributed by atoms with Crippen LogP contribution in [-0.2, 0) is 11.2 Å². The average Bonchev–Trinajstić information content (AvgIpc) is 3.09. The summed E-state index contributed by atoms with van der Waals surface area (Å²) in [4.78, 5) is 16.7. The lowest BCUT2D eigenvalue weighted by atomic mass is 10.0. The summed E-state index contributed by atoms with van der Waals surface area (Å²) in [5, 5.41) is 13.2. The van der Waals surface area contributed by atoms with Gasteiger partial charge in [0.15, 0.2) is 0 Å². The molecule has 1 aromatic carbocycles. The Hall–Kier alpha value is -2.40. The van der Waals surface area contributed by atoms with Crippen molar-refractivity contribution in [2.75, 3.05) is 6.61 Å². The maximum atomic E-state index is 12.6. The van der Waals surface area contributed by atoms with Crippen LogP contribution in [0.25, 0.3) is 0 Å². The van der Waals surface area contributed by atoms with Crippen LogP contribution in [-0.4, -0.2) is 28.7 Å². The Kier molecular flexibility index (Phi) is 3.08. The highest BCUT2D eigenvalue weighted by atomic mass is 16.5. The number of hydrogen-bond donors (Lipinski definition) is 2. The molecule has 0 bridgehead atoms. The van der Waals surface area contributed by atoms with E-state index < -0.39 is 6.10 Å². The minimum absolute atomic E-state index is 0.132. The monoisotopic (exact) mass is 296 g/mol. The molecule has 1 aromatic heterocycles. The van der Waals surface area contributed by atoms with Crippen molar-refractivity contribution in [2.24, 2.45) is 0 Å². The van der Waals surface area contributed by atoms with E-state index in [9.17, 15) is 9.90 Å². The van der Waals surface area contributed by atoms with Crippen LogP contribution >= 0.6 is 0 Å². The molecule has 1 amide bonds. The van der Waals surface area contributed by atoms with Crippen molar-refractivity contribution < 1.29 is 14.6 Å². The Labute approximate surface area is 128 Å². The van der Waals surface area contributed by atoms with Crippen LogP contribution in [0.1, 0.15) is 28.7 Å². The average molecular weight is 296 g/mol. The van der Waals surface area contributed by atoms with Crippen molar-refractivity contribution in [1.82, 2.24) is 10.3 Å². The van der Waals surface area contributed by atoms with Gasteiger partial charge in [0, 0.05) is 18.2 Å². The molecule has 0 fully saturated rings. The summed E-state index contributed by atoms with van der Waals surface area (Å²) in [5.74, 6) is 0.0196. The second-order valence-electron chi connectivity index (χ2n) is 5.72. The molecule has 0 saturated carbocycles. The van der Waals surface area contributed by atoms with Gasteiger partial charge in [0.25, 0.3) is 0 Å². The molecule has 2 aromatic rings. The molecule has 2 heterocycles. The highest BCUT2D eigenvalue weighted by Crippen LogP contribution is 2.35. The molecule has 5 heteroatoms. The molecule has 0 spiro atoms. The van der Waals surface area contributed by atoms with Gasteiger partial charge in [-0.15, -0.1) is 0 Å². The highest BCUT2D eigenvalue weighted by molar-refractivity contribution is 5.85. The van der Waals surface area contributed by atoms with Crippen molar-refractivity contribution >= 4 is 5.91 Å². The maximum absolute atomic E-state index is 12.6. The smallest absolute Gasteiger partial charge is 0.231 e. The minimum Gasteiger partial charge on any atom is -0.476 e. The Bertz CT molecular complexity index is 731. The SMILES string of the molecule is O=C(N[C@H]1c2ccccc2C[C@H]1O)[C@@H]1COc2ncccc21. The van der Waals surface area contributed by atoms with Crippen molar-refractivity contribution in [1.29, 1.82) is 0 Å². The number of fused-ring (bicyclic) bond motifs is 2. The van der Waals surface area contributed by atoms with E-state index >= 15 is 0 Å². The van der Waals surface area contributed by atoms with E-state index in [0.29, 0.717) is 18.9 Å². The molecule has 22 heavy (non-hydrogen) atoms. The number of hydrogen-bond acceptors (Lipinski definition) is 4. The van der Waals surface area contributed by atoms with Crippen LogP contribution in [0.4, 0.5) is 0 Å². The normalized spacial score (nSPS) is 25.2. The van der Waals surface area contributed by atoms with Gasteiger partial charge in [-0.3, -0.25) is 4.79 Å². The molecule has 5 nitrogen and oxygen atoms in total. The van der Waals surface area contributed by atoms with Crippen LogP contribution in [0.2, 0.25) is 0 Å². The van der Waals surface area contributed by atoms with Gasteiger partial charge >= 0.3 is 0 Å². The van der Waals surface area contributed by atoms with Gasteiger partial charge in [-0.2, -0.15) is 0 Å². The standard InChI is InChI=1S/C17H16N2O3/c20-14-8-10-4-1-2-5-11(10)15(14)19-16(21)13-9-22-17-12(13)6-3-7-18-17/h1-7,13-15,20H,8-9H2,(H,19,21)/t13-,14-,15+/m1/s1.